The maximum atomic E-state index is 10.5. The first-order valence-electron chi connectivity index (χ1n) is 3.92. The van der Waals surface area contributed by atoms with Crippen molar-refractivity contribution >= 4 is 38.7 Å². The summed E-state index contributed by atoms with van der Waals surface area (Å²) in [5, 5.41) is 11.9. The minimum Gasteiger partial charge on any atom is -0.258 e. The number of aryl methyl sites for hydroxylation is 1. The molecule has 0 N–H and O–H groups in total. The summed E-state index contributed by atoms with van der Waals surface area (Å²) in [6.07, 6.45) is 0. The average Bonchev–Trinajstić information content (AvgIpc) is 2.43. The summed E-state index contributed by atoms with van der Waals surface area (Å²) in [5.41, 5.74) is 0.0807. The smallest absolute Gasteiger partial charge is 0.258 e. The van der Waals surface area contributed by atoms with Crippen LogP contribution in [-0.4, -0.2) is 4.92 Å². The van der Waals surface area contributed by atoms with Gasteiger partial charge in [0, 0.05) is 27.1 Å². The molecule has 1 aromatic heterocycles. The molecule has 1 heterocycles. The quantitative estimate of drug-likeness (QED) is 0.550. The van der Waals surface area contributed by atoms with E-state index in [1.165, 1.54) is 12.1 Å². The van der Waals surface area contributed by atoms with Gasteiger partial charge in [-0.05, 0) is 13.0 Å². The third-order valence-corrected chi connectivity index (χ3v) is 3.67. The second-order valence-electron chi connectivity index (χ2n) is 2.91. The van der Waals surface area contributed by atoms with E-state index >= 15 is 0 Å². The SMILES string of the molecule is Cc1sc2ccc([N+](=O)[O-])cc2c1Cl. The van der Waals surface area contributed by atoms with Gasteiger partial charge in [-0.2, -0.15) is 0 Å². The number of hydrogen-bond acceptors (Lipinski definition) is 3. The molecule has 2 rings (SSSR count). The highest BCUT2D eigenvalue weighted by atomic mass is 35.5. The number of hydrogen-bond donors (Lipinski definition) is 0. The minimum absolute atomic E-state index is 0.0807. The fraction of sp³-hybridized carbons (Fsp3) is 0.111. The molecule has 0 amide bonds. The lowest BCUT2D eigenvalue weighted by Crippen LogP contribution is -1.85. The zero-order valence-electron chi connectivity index (χ0n) is 7.28. The summed E-state index contributed by atoms with van der Waals surface area (Å²) in [4.78, 5) is 11.1. The Hall–Kier alpha value is -1.13. The van der Waals surface area contributed by atoms with Crippen LogP contribution in [0.1, 0.15) is 4.88 Å². The van der Waals surface area contributed by atoms with Gasteiger partial charge in [0.1, 0.15) is 0 Å². The van der Waals surface area contributed by atoms with Crippen LogP contribution in [0.25, 0.3) is 10.1 Å². The molecule has 5 heteroatoms. The summed E-state index contributed by atoms with van der Waals surface area (Å²) in [6, 6.07) is 4.74. The minimum atomic E-state index is -0.414. The average molecular weight is 228 g/mol. The van der Waals surface area contributed by atoms with Gasteiger partial charge < -0.3 is 0 Å². The van der Waals surface area contributed by atoms with Crippen molar-refractivity contribution in [2.24, 2.45) is 0 Å². The van der Waals surface area contributed by atoms with Crippen LogP contribution in [0, 0.1) is 17.0 Å². The first-order valence-corrected chi connectivity index (χ1v) is 5.12. The monoisotopic (exact) mass is 227 g/mol. The van der Waals surface area contributed by atoms with Gasteiger partial charge in [-0.1, -0.05) is 11.6 Å². The standard InChI is InChI=1S/C9H6ClNO2S/c1-5-9(10)7-4-6(11(12)13)2-3-8(7)14-5/h2-4H,1H3. The molecule has 2 aromatic rings. The van der Waals surface area contributed by atoms with Gasteiger partial charge in [-0.25, -0.2) is 0 Å². The Kier molecular flexibility index (Phi) is 2.17. The summed E-state index contributed by atoms with van der Waals surface area (Å²) in [6.45, 7) is 1.90. The van der Waals surface area contributed by atoms with Crippen LogP contribution in [0.4, 0.5) is 5.69 Å². The largest absolute Gasteiger partial charge is 0.270 e. The third-order valence-electron chi connectivity index (χ3n) is 1.98. The van der Waals surface area contributed by atoms with E-state index in [0.717, 1.165) is 15.0 Å². The summed E-state index contributed by atoms with van der Waals surface area (Å²) >= 11 is 7.55. The lowest BCUT2D eigenvalue weighted by Gasteiger charge is -1.91. The Bertz CT molecular complexity index is 521. The Morgan fingerprint density at radius 1 is 1.50 bits per heavy atom. The van der Waals surface area contributed by atoms with E-state index in [0.29, 0.717) is 5.02 Å². The van der Waals surface area contributed by atoms with Gasteiger partial charge in [0.25, 0.3) is 5.69 Å². The number of nitrogens with zero attached hydrogens (tertiary/aromatic N) is 1. The van der Waals surface area contributed by atoms with Crippen molar-refractivity contribution in [1.82, 2.24) is 0 Å². The van der Waals surface area contributed by atoms with Gasteiger partial charge >= 0.3 is 0 Å². The number of thiophene rings is 1. The molecular weight excluding hydrogens is 222 g/mol. The first kappa shape index (κ1) is 9.43. The number of fused-ring (bicyclic) bond motifs is 1. The number of halogens is 1. The van der Waals surface area contributed by atoms with E-state index in [4.69, 9.17) is 11.6 Å². The Balaban J connectivity index is 2.76. The van der Waals surface area contributed by atoms with Crippen LogP contribution in [0.15, 0.2) is 18.2 Å². The second kappa shape index (κ2) is 3.22. The Labute approximate surface area is 89.1 Å². The zero-order chi connectivity index (χ0) is 10.3. The van der Waals surface area contributed by atoms with Crippen LogP contribution in [-0.2, 0) is 0 Å². The lowest BCUT2D eigenvalue weighted by molar-refractivity contribution is -0.384. The highest BCUT2D eigenvalue weighted by molar-refractivity contribution is 7.19. The normalized spacial score (nSPS) is 10.7. The molecule has 14 heavy (non-hydrogen) atoms. The molecular formula is C9H6ClNO2S. The molecule has 0 radical (unpaired) electrons. The zero-order valence-corrected chi connectivity index (χ0v) is 8.85. The predicted octanol–water partition coefficient (Wildman–Crippen LogP) is 3.77. The fourth-order valence-electron chi connectivity index (χ4n) is 1.29. The molecule has 0 aliphatic rings. The first-order chi connectivity index (χ1) is 6.59. The second-order valence-corrected chi connectivity index (χ2v) is 4.54. The van der Waals surface area contributed by atoms with Gasteiger partial charge in [0.15, 0.2) is 0 Å². The van der Waals surface area contributed by atoms with E-state index < -0.39 is 4.92 Å². The van der Waals surface area contributed by atoms with E-state index in [-0.39, 0.29) is 5.69 Å². The number of nitro groups is 1. The highest BCUT2D eigenvalue weighted by Crippen LogP contribution is 2.36. The molecule has 0 spiro atoms. The van der Waals surface area contributed by atoms with Crippen molar-refractivity contribution in [3.8, 4) is 0 Å². The summed E-state index contributed by atoms with van der Waals surface area (Å²) < 4.78 is 0.984. The van der Waals surface area contributed by atoms with Gasteiger partial charge in [0.2, 0.25) is 0 Å². The number of non-ortho nitro benzene ring substituents is 1. The van der Waals surface area contributed by atoms with Crippen molar-refractivity contribution in [3.63, 3.8) is 0 Å². The van der Waals surface area contributed by atoms with Gasteiger partial charge in [0.05, 0.1) is 9.95 Å². The Morgan fingerprint density at radius 3 is 2.86 bits per heavy atom. The van der Waals surface area contributed by atoms with Crippen molar-refractivity contribution in [1.29, 1.82) is 0 Å². The molecule has 0 aliphatic carbocycles. The van der Waals surface area contributed by atoms with Crippen LogP contribution < -0.4 is 0 Å². The molecule has 0 atom stereocenters. The molecule has 3 nitrogen and oxygen atoms in total. The summed E-state index contributed by atoms with van der Waals surface area (Å²) in [5.74, 6) is 0. The van der Waals surface area contributed by atoms with E-state index in [1.54, 1.807) is 17.4 Å². The lowest BCUT2D eigenvalue weighted by atomic mass is 10.2. The van der Waals surface area contributed by atoms with Crippen molar-refractivity contribution in [2.45, 2.75) is 6.92 Å². The molecule has 0 saturated carbocycles. The van der Waals surface area contributed by atoms with Crippen LogP contribution >= 0.6 is 22.9 Å². The molecule has 0 bridgehead atoms. The van der Waals surface area contributed by atoms with Crippen molar-refractivity contribution in [3.05, 3.63) is 38.2 Å². The molecule has 0 saturated heterocycles. The maximum Gasteiger partial charge on any atom is 0.270 e. The third kappa shape index (κ3) is 1.36. The van der Waals surface area contributed by atoms with Crippen LogP contribution in [0.2, 0.25) is 5.02 Å². The number of nitro benzene ring substituents is 1. The fourth-order valence-corrected chi connectivity index (χ4v) is 2.56. The topological polar surface area (TPSA) is 43.1 Å². The molecule has 0 unspecified atom stereocenters. The molecule has 72 valence electrons. The predicted molar refractivity (Wildman–Crippen MR) is 58.2 cm³/mol. The number of rotatable bonds is 1. The molecule has 0 aliphatic heterocycles. The Morgan fingerprint density at radius 2 is 2.21 bits per heavy atom. The summed E-state index contributed by atoms with van der Waals surface area (Å²) in [7, 11) is 0. The van der Waals surface area contributed by atoms with Crippen molar-refractivity contribution < 1.29 is 4.92 Å². The van der Waals surface area contributed by atoms with Gasteiger partial charge in [-0.3, -0.25) is 10.1 Å². The highest BCUT2D eigenvalue weighted by Gasteiger charge is 2.11. The maximum absolute atomic E-state index is 10.5. The molecule has 1 aromatic carbocycles. The number of benzene rings is 1. The van der Waals surface area contributed by atoms with Crippen LogP contribution in [0.5, 0.6) is 0 Å². The van der Waals surface area contributed by atoms with E-state index in [1.807, 2.05) is 6.92 Å². The van der Waals surface area contributed by atoms with E-state index in [9.17, 15) is 10.1 Å². The van der Waals surface area contributed by atoms with Crippen molar-refractivity contribution in [2.75, 3.05) is 0 Å². The van der Waals surface area contributed by atoms with Crippen LogP contribution in [0.3, 0.4) is 0 Å². The van der Waals surface area contributed by atoms with Gasteiger partial charge in [-0.15, -0.1) is 11.3 Å². The van der Waals surface area contributed by atoms with E-state index in [2.05, 4.69) is 0 Å². The molecule has 0 fully saturated rings.